The molecule has 0 unspecified atom stereocenters. The molecule has 1 amide bonds. The van der Waals surface area contributed by atoms with E-state index in [1.807, 2.05) is 6.92 Å². The molecule has 172 valence electrons. The van der Waals surface area contributed by atoms with Gasteiger partial charge in [0.2, 0.25) is 0 Å². The van der Waals surface area contributed by atoms with Crippen LogP contribution in [0.4, 0.5) is 8.78 Å². The van der Waals surface area contributed by atoms with Crippen LogP contribution in [0.15, 0.2) is 42.7 Å². The van der Waals surface area contributed by atoms with E-state index in [0.717, 1.165) is 17.0 Å². The van der Waals surface area contributed by atoms with Crippen molar-refractivity contribution in [2.24, 2.45) is 0 Å². The molecule has 1 atom stereocenters. The summed E-state index contributed by atoms with van der Waals surface area (Å²) in [4.78, 5) is 22.9. The maximum atomic E-state index is 14.0. The smallest absolute Gasteiger partial charge is 0.271 e. The van der Waals surface area contributed by atoms with Crippen LogP contribution in [0.3, 0.4) is 0 Å². The number of hydrogen-bond donors (Lipinski definition) is 2. The van der Waals surface area contributed by atoms with E-state index in [-0.39, 0.29) is 30.2 Å². The minimum Gasteiger partial charge on any atom is -0.485 e. The van der Waals surface area contributed by atoms with Gasteiger partial charge in [0.15, 0.2) is 11.4 Å². The van der Waals surface area contributed by atoms with Crippen molar-refractivity contribution in [3.63, 3.8) is 0 Å². The number of hydrogen-bond acceptors (Lipinski definition) is 6. The number of halogens is 2. The quantitative estimate of drug-likeness (QED) is 0.426. The lowest BCUT2D eigenvalue weighted by atomic mass is 10.0. The zero-order chi connectivity index (χ0) is 23.8. The number of benzene rings is 1. The van der Waals surface area contributed by atoms with Gasteiger partial charge in [-0.1, -0.05) is 6.07 Å². The van der Waals surface area contributed by atoms with E-state index >= 15 is 0 Å². The number of rotatable bonds is 7. The van der Waals surface area contributed by atoms with E-state index in [1.165, 1.54) is 17.4 Å². The second kappa shape index (κ2) is 8.87. The number of pyridine rings is 1. The molecular weight excluding hydrogens is 450 g/mol. The van der Waals surface area contributed by atoms with Crippen LogP contribution in [0, 0.1) is 25.5 Å². The number of aliphatic hydroxyl groups is 1. The Bertz CT molecular complexity index is 1320. The molecule has 33 heavy (non-hydrogen) atoms. The predicted octanol–water partition coefficient (Wildman–Crippen LogP) is 3.90. The van der Waals surface area contributed by atoms with Crippen molar-refractivity contribution in [3.8, 4) is 5.75 Å². The molecule has 0 saturated carbocycles. The van der Waals surface area contributed by atoms with Crippen molar-refractivity contribution in [2.75, 3.05) is 6.61 Å². The molecule has 0 bridgehead atoms. The Hall–Kier alpha value is -3.37. The summed E-state index contributed by atoms with van der Waals surface area (Å²) >= 11 is 1.39. The number of ether oxygens (including phenoxy) is 1. The van der Waals surface area contributed by atoms with Gasteiger partial charge in [-0.05, 0) is 45.0 Å². The van der Waals surface area contributed by atoms with E-state index in [9.17, 15) is 18.7 Å². The number of carbonyl (C=O) groups is 1. The monoisotopic (exact) mass is 472 g/mol. The first-order valence-electron chi connectivity index (χ1n) is 10.1. The van der Waals surface area contributed by atoms with Crippen molar-refractivity contribution in [1.82, 2.24) is 19.7 Å². The summed E-state index contributed by atoms with van der Waals surface area (Å²) in [7, 11) is 0. The van der Waals surface area contributed by atoms with Gasteiger partial charge < -0.3 is 15.2 Å². The molecule has 10 heteroatoms. The highest BCUT2D eigenvalue weighted by Gasteiger charge is 2.33. The molecule has 1 aromatic carbocycles. The van der Waals surface area contributed by atoms with Gasteiger partial charge in [0, 0.05) is 17.3 Å². The van der Waals surface area contributed by atoms with Crippen molar-refractivity contribution < 1.29 is 23.4 Å². The molecule has 2 N–H and O–H groups in total. The zero-order valence-electron chi connectivity index (χ0n) is 18.2. The van der Waals surface area contributed by atoms with Crippen LogP contribution < -0.4 is 10.1 Å². The van der Waals surface area contributed by atoms with E-state index in [2.05, 4.69) is 15.3 Å². The highest BCUT2D eigenvalue weighted by Crippen LogP contribution is 2.27. The fourth-order valence-corrected chi connectivity index (χ4v) is 4.30. The third-order valence-electron chi connectivity index (χ3n) is 5.24. The van der Waals surface area contributed by atoms with Gasteiger partial charge in [-0.2, -0.15) is 0 Å². The van der Waals surface area contributed by atoms with Gasteiger partial charge in [-0.3, -0.25) is 9.20 Å². The summed E-state index contributed by atoms with van der Waals surface area (Å²) in [6.07, 6.45) is 3.33. The number of imidazole rings is 1. The average molecular weight is 473 g/mol. The molecule has 0 saturated heterocycles. The molecular formula is C23H22F2N4O3S. The molecule has 3 heterocycles. The zero-order valence-corrected chi connectivity index (χ0v) is 19.0. The van der Waals surface area contributed by atoms with Crippen LogP contribution in [-0.4, -0.2) is 32.0 Å². The van der Waals surface area contributed by atoms with Gasteiger partial charge in [-0.15, -0.1) is 11.3 Å². The molecule has 0 spiro atoms. The normalized spacial score (nSPS) is 13.2. The molecule has 3 aromatic heterocycles. The molecule has 0 aliphatic carbocycles. The Balaban J connectivity index is 1.64. The second-order valence-corrected chi connectivity index (χ2v) is 9.06. The standard InChI is InChI=1S/C23H22F2N4O3S/c1-13-10-26-22(33-13)23(3,12-30)28-21(31)19-14(2)27-20-18(8-5-9-29(19)20)32-11-15-16(24)6-4-7-17(15)25/h4-10,30H,11-12H2,1-3H3,(H,28,31)/t23-/m0/s1. The fraction of sp³-hybridized carbons (Fsp3) is 0.261. The number of aliphatic hydroxyl groups excluding tert-OH is 1. The Kier molecular flexibility index (Phi) is 6.13. The lowest BCUT2D eigenvalue weighted by Gasteiger charge is -2.26. The largest absolute Gasteiger partial charge is 0.485 e. The van der Waals surface area contributed by atoms with Gasteiger partial charge in [0.05, 0.1) is 17.9 Å². The highest BCUT2D eigenvalue weighted by atomic mass is 32.1. The molecule has 4 aromatic rings. The number of fused-ring (bicyclic) bond motifs is 1. The highest BCUT2D eigenvalue weighted by molar-refractivity contribution is 7.11. The number of aromatic nitrogens is 3. The molecule has 4 rings (SSSR count). The van der Waals surface area contributed by atoms with Gasteiger partial charge >= 0.3 is 0 Å². The van der Waals surface area contributed by atoms with Crippen LogP contribution in [0.5, 0.6) is 5.75 Å². The second-order valence-electron chi connectivity index (χ2n) is 7.82. The Morgan fingerprint density at radius 3 is 2.61 bits per heavy atom. The van der Waals surface area contributed by atoms with Crippen LogP contribution >= 0.6 is 11.3 Å². The molecule has 0 aliphatic rings. The van der Waals surface area contributed by atoms with Crippen molar-refractivity contribution in [1.29, 1.82) is 0 Å². The minimum atomic E-state index is -1.08. The van der Waals surface area contributed by atoms with Crippen molar-refractivity contribution in [3.05, 3.63) is 81.2 Å². The van der Waals surface area contributed by atoms with Gasteiger partial charge in [0.25, 0.3) is 5.91 Å². The predicted molar refractivity (Wildman–Crippen MR) is 119 cm³/mol. The summed E-state index contributed by atoms with van der Waals surface area (Å²) < 4.78 is 35.1. The summed E-state index contributed by atoms with van der Waals surface area (Å²) in [6.45, 7) is 4.58. The molecule has 7 nitrogen and oxygen atoms in total. The summed E-state index contributed by atoms with van der Waals surface area (Å²) in [5.41, 5.74) is -0.272. The van der Waals surface area contributed by atoms with Gasteiger partial charge in [0.1, 0.15) is 34.5 Å². The SMILES string of the molecule is Cc1cnc([C@](C)(CO)NC(=O)c2c(C)nc3c(OCc4c(F)cccc4F)cccn23)s1. The van der Waals surface area contributed by atoms with Gasteiger partial charge in [-0.25, -0.2) is 18.7 Å². The summed E-state index contributed by atoms with van der Waals surface area (Å²) in [6, 6.07) is 6.86. The Morgan fingerprint density at radius 2 is 1.97 bits per heavy atom. The van der Waals surface area contributed by atoms with Crippen LogP contribution in [0.1, 0.15) is 38.6 Å². The lowest BCUT2D eigenvalue weighted by Crippen LogP contribution is -2.46. The summed E-state index contributed by atoms with van der Waals surface area (Å²) in [5, 5.41) is 13.4. The van der Waals surface area contributed by atoms with E-state index in [1.54, 1.807) is 42.8 Å². The third kappa shape index (κ3) is 4.31. The number of thiazole rings is 1. The maximum absolute atomic E-state index is 14.0. The van der Waals surface area contributed by atoms with E-state index in [4.69, 9.17) is 4.74 Å². The van der Waals surface area contributed by atoms with Crippen LogP contribution in [0.25, 0.3) is 5.65 Å². The molecule has 0 aliphatic heterocycles. The van der Waals surface area contributed by atoms with Crippen molar-refractivity contribution >= 4 is 22.9 Å². The number of nitrogens with one attached hydrogen (secondary N) is 1. The first kappa shape index (κ1) is 22.8. The topological polar surface area (TPSA) is 88.8 Å². The lowest BCUT2D eigenvalue weighted by molar-refractivity contribution is 0.0842. The molecule has 0 radical (unpaired) electrons. The first-order chi connectivity index (χ1) is 15.7. The molecule has 0 fully saturated rings. The Morgan fingerprint density at radius 1 is 1.24 bits per heavy atom. The number of amides is 1. The maximum Gasteiger partial charge on any atom is 0.271 e. The van der Waals surface area contributed by atoms with Crippen molar-refractivity contribution in [2.45, 2.75) is 32.9 Å². The van der Waals surface area contributed by atoms with Crippen LogP contribution in [0.2, 0.25) is 0 Å². The number of carbonyl (C=O) groups excluding carboxylic acids is 1. The minimum absolute atomic E-state index is 0.196. The van der Waals surface area contributed by atoms with E-state index in [0.29, 0.717) is 16.3 Å². The average Bonchev–Trinajstić information content (AvgIpc) is 3.36. The number of nitrogens with zero attached hydrogens (tertiary/aromatic N) is 3. The van der Waals surface area contributed by atoms with Crippen LogP contribution in [-0.2, 0) is 12.1 Å². The summed E-state index contributed by atoms with van der Waals surface area (Å²) in [5.74, 6) is -1.60. The number of aryl methyl sites for hydroxylation is 2. The third-order valence-corrected chi connectivity index (χ3v) is 6.41. The Labute approximate surface area is 192 Å². The fourth-order valence-electron chi connectivity index (χ4n) is 3.44. The first-order valence-corrected chi connectivity index (χ1v) is 10.9. The van der Waals surface area contributed by atoms with E-state index < -0.39 is 23.1 Å².